The lowest BCUT2D eigenvalue weighted by Crippen LogP contribution is -2.24. The fourth-order valence-corrected chi connectivity index (χ4v) is 2.61. The number of carbonyl (C=O) groups is 1. The van der Waals surface area contributed by atoms with Gasteiger partial charge in [-0.2, -0.15) is 0 Å². The van der Waals surface area contributed by atoms with Gasteiger partial charge in [0.25, 0.3) is 0 Å². The molecule has 1 heterocycles. The molecule has 0 saturated carbocycles. The predicted molar refractivity (Wildman–Crippen MR) is 75.0 cm³/mol. The Hall–Kier alpha value is -1.68. The number of carbonyl (C=O) groups excluding carboxylic acids is 1. The summed E-state index contributed by atoms with van der Waals surface area (Å²) in [5.74, 6) is -1.10. The topological polar surface area (TPSA) is 53.0 Å². The third kappa shape index (κ3) is 3.41. The molecule has 19 heavy (non-hydrogen) atoms. The van der Waals surface area contributed by atoms with E-state index in [2.05, 4.69) is 37.9 Å². The predicted octanol–water partition coefficient (Wildman–Crippen LogP) is 2.40. The van der Waals surface area contributed by atoms with Crippen LogP contribution in [0.15, 0.2) is 29.6 Å². The average molecular weight is 274 g/mol. The minimum absolute atomic E-state index is 0.127. The van der Waals surface area contributed by atoms with Gasteiger partial charge in [-0.05, 0) is 11.0 Å². The summed E-state index contributed by atoms with van der Waals surface area (Å²) in [7, 11) is 0. The van der Waals surface area contributed by atoms with Crippen molar-refractivity contribution in [3.63, 3.8) is 0 Å². The molecule has 0 aliphatic rings. The summed E-state index contributed by atoms with van der Waals surface area (Å²) in [6, 6.07) is 8.24. The standard InChI is InChI=1S/C15H17NO2S/c1-15(2,3)11-6-4-10(5-7-11)14-16-12(9-19-14)8-13(17)18/h4-7,9H,8H2,1-3H3,(H,17,18)/p-1. The van der Waals surface area contributed by atoms with Crippen molar-refractivity contribution in [2.24, 2.45) is 0 Å². The van der Waals surface area contributed by atoms with Gasteiger partial charge in [0.1, 0.15) is 5.01 Å². The molecule has 0 unspecified atom stereocenters. The molecular weight excluding hydrogens is 258 g/mol. The molecule has 0 amide bonds. The van der Waals surface area contributed by atoms with Gasteiger partial charge in [0.2, 0.25) is 0 Å². The van der Waals surface area contributed by atoms with Crippen LogP contribution in [0.5, 0.6) is 0 Å². The third-order valence-electron chi connectivity index (χ3n) is 2.88. The number of aromatic nitrogens is 1. The quantitative estimate of drug-likeness (QED) is 0.863. The number of thiazole rings is 1. The summed E-state index contributed by atoms with van der Waals surface area (Å²) in [5, 5.41) is 13.1. The van der Waals surface area contributed by atoms with Crippen molar-refractivity contribution in [3.05, 3.63) is 40.9 Å². The minimum Gasteiger partial charge on any atom is -0.550 e. The van der Waals surface area contributed by atoms with Crippen LogP contribution >= 0.6 is 11.3 Å². The fraction of sp³-hybridized carbons (Fsp3) is 0.333. The lowest BCUT2D eigenvalue weighted by Gasteiger charge is -2.18. The van der Waals surface area contributed by atoms with Crippen molar-refractivity contribution in [2.75, 3.05) is 0 Å². The molecule has 2 aromatic rings. The molecule has 4 heteroatoms. The summed E-state index contributed by atoms with van der Waals surface area (Å²) in [5.41, 5.74) is 2.96. The van der Waals surface area contributed by atoms with E-state index < -0.39 is 5.97 Å². The van der Waals surface area contributed by atoms with Crippen molar-refractivity contribution >= 4 is 17.3 Å². The maximum Gasteiger partial charge on any atom is 0.123 e. The highest BCUT2D eigenvalue weighted by Crippen LogP contribution is 2.28. The van der Waals surface area contributed by atoms with Crippen molar-refractivity contribution in [3.8, 4) is 10.6 Å². The van der Waals surface area contributed by atoms with Gasteiger partial charge in [0.15, 0.2) is 0 Å². The normalized spacial score (nSPS) is 11.5. The highest BCUT2D eigenvalue weighted by Gasteiger charge is 2.13. The third-order valence-corrected chi connectivity index (χ3v) is 3.82. The molecule has 0 aliphatic heterocycles. The first-order valence-electron chi connectivity index (χ1n) is 6.11. The number of rotatable bonds is 3. The molecule has 0 bridgehead atoms. The van der Waals surface area contributed by atoms with Gasteiger partial charge in [0.05, 0.1) is 5.69 Å². The molecule has 0 aliphatic carbocycles. The van der Waals surface area contributed by atoms with E-state index in [1.54, 1.807) is 5.38 Å². The maximum absolute atomic E-state index is 10.5. The Kier molecular flexibility index (Phi) is 3.71. The fourth-order valence-electron chi connectivity index (χ4n) is 1.78. The minimum atomic E-state index is -1.10. The second-order valence-electron chi connectivity index (χ2n) is 5.52. The van der Waals surface area contributed by atoms with Crippen LogP contribution < -0.4 is 5.11 Å². The number of benzene rings is 1. The Labute approximate surface area is 116 Å². The Bertz CT molecular complexity index is 579. The Morgan fingerprint density at radius 3 is 2.42 bits per heavy atom. The van der Waals surface area contributed by atoms with Crippen LogP contribution in [-0.4, -0.2) is 11.0 Å². The summed E-state index contributed by atoms with van der Waals surface area (Å²) >= 11 is 1.46. The molecule has 0 N–H and O–H groups in total. The van der Waals surface area contributed by atoms with Crippen LogP contribution in [0.3, 0.4) is 0 Å². The molecule has 0 radical (unpaired) electrons. The van der Waals surface area contributed by atoms with Crippen LogP contribution in [0.2, 0.25) is 0 Å². The Balaban J connectivity index is 2.23. The van der Waals surface area contributed by atoms with Crippen molar-refractivity contribution in [2.45, 2.75) is 32.6 Å². The molecule has 2 rings (SSSR count). The largest absolute Gasteiger partial charge is 0.550 e. The van der Waals surface area contributed by atoms with Crippen molar-refractivity contribution < 1.29 is 9.90 Å². The molecule has 0 fully saturated rings. The second kappa shape index (κ2) is 5.13. The average Bonchev–Trinajstić information content (AvgIpc) is 2.75. The first-order valence-corrected chi connectivity index (χ1v) is 6.99. The smallest absolute Gasteiger partial charge is 0.123 e. The van der Waals surface area contributed by atoms with E-state index in [0.29, 0.717) is 5.69 Å². The van der Waals surface area contributed by atoms with E-state index in [1.165, 1.54) is 16.9 Å². The van der Waals surface area contributed by atoms with E-state index in [-0.39, 0.29) is 11.8 Å². The SMILES string of the molecule is CC(C)(C)c1ccc(-c2nc(CC(=O)[O-])cs2)cc1. The maximum atomic E-state index is 10.5. The van der Waals surface area contributed by atoms with Gasteiger partial charge < -0.3 is 9.90 Å². The molecule has 1 aromatic carbocycles. The molecule has 0 spiro atoms. The van der Waals surface area contributed by atoms with E-state index in [0.717, 1.165) is 10.6 Å². The van der Waals surface area contributed by atoms with E-state index in [4.69, 9.17) is 0 Å². The molecule has 3 nitrogen and oxygen atoms in total. The van der Waals surface area contributed by atoms with Crippen LogP contribution in [0, 0.1) is 0 Å². The molecular formula is C15H16NO2S-. The highest BCUT2D eigenvalue weighted by atomic mass is 32.1. The zero-order chi connectivity index (χ0) is 14.0. The van der Waals surface area contributed by atoms with Gasteiger partial charge in [-0.3, -0.25) is 0 Å². The summed E-state index contributed by atoms with van der Waals surface area (Å²) in [6.45, 7) is 6.51. The van der Waals surface area contributed by atoms with E-state index in [1.807, 2.05) is 12.1 Å². The Morgan fingerprint density at radius 2 is 1.89 bits per heavy atom. The second-order valence-corrected chi connectivity index (χ2v) is 6.38. The number of nitrogens with zero attached hydrogens (tertiary/aromatic N) is 1. The van der Waals surface area contributed by atoms with Crippen LogP contribution in [0.25, 0.3) is 10.6 Å². The van der Waals surface area contributed by atoms with Crippen LogP contribution in [-0.2, 0) is 16.6 Å². The van der Waals surface area contributed by atoms with Gasteiger partial charge >= 0.3 is 0 Å². The van der Waals surface area contributed by atoms with E-state index >= 15 is 0 Å². The zero-order valence-corrected chi connectivity index (χ0v) is 12.1. The van der Waals surface area contributed by atoms with Gasteiger partial charge in [-0.15, -0.1) is 11.3 Å². The van der Waals surface area contributed by atoms with Gasteiger partial charge in [0, 0.05) is 23.3 Å². The lowest BCUT2D eigenvalue weighted by molar-refractivity contribution is -0.304. The number of carboxylic acid groups (broad SMARTS) is 1. The first-order chi connectivity index (χ1) is 8.86. The summed E-state index contributed by atoms with van der Waals surface area (Å²) < 4.78 is 0. The molecule has 100 valence electrons. The highest BCUT2D eigenvalue weighted by molar-refractivity contribution is 7.13. The number of carboxylic acids is 1. The molecule has 1 aromatic heterocycles. The molecule has 0 saturated heterocycles. The first kappa shape index (κ1) is 13.7. The van der Waals surface area contributed by atoms with Crippen molar-refractivity contribution in [1.82, 2.24) is 4.98 Å². The summed E-state index contributed by atoms with van der Waals surface area (Å²) in [6.07, 6.45) is -0.128. The van der Waals surface area contributed by atoms with Gasteiger partial charge in [-0.25, -0.2) is 4.98 Å². The number of hydrogen-bond donors (Lipinski definition) is 0. The van der Waals surface area contributed by atoms with E-state index in [9.17, 15) is 9.90 Å². The van der Waals surface area contributed by atoms with Crippen LogP contribution in [0.4, 0.5) is 0 Å². The lowest BCUT2D eigenvalue weighted by atomic mass is 9.87. The monoisotopic (exact) mass is 274 g/mol. The molecule has 0 atom stereocenters. The summed E-state index contributed by atoms with van der Waals surface area (Å²) in [4.78, 5) is 14.8. The van der Waals surface area contributed by atoms with Crippen LogP contribution in [0.1, 0.15) is 32.0 Å². The number of aliphatic carboxylic acids is 1. The van der Waals surface area contributed by atoms with Crippen molar-refractivity contribution in [1.29, 1.82) is 0 Å². The zero-order valence-electron chi connectivity index (χ0n) is 11.3. The number of hydrogen-bond acceptors (Lipinski definition) is 4. The Morgan fingerprint density at radius 1 is 1.26 bits per heavy atom. The van der Waals surface area contributed by atoms with Gasteiger partial charge in [-0.1, -0.05) is 45.0 Å².